The van der Waals surface area contributed by atoms with Gasteiger partial charge in [-0.05, 0) is 73.1 Å². The Bertz CT molecular complexity index is 496. The molecule has 196 valence electrons. The maximum Gasteiger partial charge on any atom is 0.207 e. The molecule has 0 rings (SSSR count). The molecule has 0 aromatic carbocycles. The third-order valence-corrected chi connectivity index (χ3v) is 9.08. The topological polar surface area (TPSA) is 72.5 Å². The lowest BCUT2D eigenvalue weighted by Gasteiger charge is -2.37. The van der Waals surface area contributed by atoms with Gasteiger partial charge in [-0.15, -0.1) is 0 Å². The fraction of sp³-hybridized carbons (Fsp3) is 0.917. The third-order valence-electron chi connectivity index (χ3n) is 3.84. The number of hydrogen-bond donors (Lipinski definition) is 0. The molecule has 0 aliphatic rings. The van der Waals surface area contributed by atoms with Gasteiger partial charge in [0.2, 0.25) is 7.65 Å². The molecule has 0 spiro atoms. The molecule has 0 aromatic heterocycles. The maximum atomic E-state index is 8.53. The molecule has 0 aliphatic heterocycles. The van der Waals surface area contributed by atoms with Crippen molar-refractivity contribution in [3.8, 4) is 12.1 Å². The van der Waals surface area contributed by atoms with Crippen LogP contribution in [0.2, 0.25) is 0 Å². The smallest absolute Gasteiger partial charge is 0.207 e. The van der Waals surface area contributed by atoms with Crippen LogP contribution in [0.5, 0.6) is 0 Å². The Kier molecular flexibility index (Phi) is 28.5. The molecule has 0 radical (unpaired) electrons. The Hall–Kier alpha value is -0.0300. The summed E-state index contributed by atoms with van der Waals surface area (Å²) in [6.07, 6.45) is 4.37. The van der Waals surface area contributed by atoms with Crippen LogP contribution >= 0.6 is 27.2 Å². The SMILES string of the molecule is CC(C)N(C(C)C)P(Cl)OCCC#N.CCC.CCCP(OCCC#N)N(C(C)C)C(C)C. The number of hydrogen-bond acceptors (Lipinski definition) is 6. The lowest BCUT2D eigenvalue weighted by Crippen LogP contribution is -2.33. The van der Waals surface area contributed by atoms with Crippen LogP contribution in [0.4, 0.5) is 0 Å². The zero-order chi connectivity index (χ0) is 26.4. The molecule has 0 fully saturated rings. The fourth-order valence-electron chi connectivity index (χ4n) is 2.94. The Balaban J connectivity index is -0.000000490. The second kappa shape index (κ2) is 25.1. The summed E-state index contributed by atoms with van der Waals surface area (Å²) >= 11 is 6.13. The van der Waals surface area contributed by atoms with Crippen LogP contribution in [-0.2, 0) is 9.05 Å². The highest BCUT2D eigenvalue weighted by Crippen LogP contribution is 2.49. The molecule has 0 saturated carbocycles. The second-order valence-corrected chi connectivity index (χ2v) is 12.5. The number of rotatable bonds is 14. The van der Waals surface area contributed by atoms with Gasteiger partial charge in [0.25, 0.3) is 0 Å². The number of halogens is 1. The summed E-state index contributed by atoms with van der Waals surface area (Å²) in [5, 5.41) is 16.9. The van der Waals surface area contributed by atoms with Crippen molar-refractivity contribution in [2.75, 3.05) is 19.4 Å². The van der Waals surface area contributed by atoms with E-state index in [1.165, 1.54) is 6.42 Å². The van der Waals surface area contributed by atoms with E-state index in [2.05, 4.69) is 91.6 Å². The molecule has 6 nitrogen and oxygen atoms in total. The van der Waals surface area contributed by atoms with E-state index in [1.54, 1.807) is 0 Å². The summed E-state index contributed by atoms with van der Waals surface area (Å²) in [7, 11) is -1.61. The van der Waals surface area contributed by atoms with Crippen LogP contribution < -0.4 is 0 Å². The molecule has 0 saturated heterocycles. The zero-order valence-corrected chi connectivity index (χ0v) is 25.7. The van der Waals surface area contributed by atoms with Gasteiger partial charge in [-0.25, -0.2) is 4.67 Å². The minimum absolute atomic E-state index is 0.362. The Morgan fingerprint density at radius 2 is 1.09 bits per heavy atom. The van der Waals surface area contributed by atoms with Gasteiger partial charge in [-0.1, -0.05) is 27.2 Å². The predicted octanol–water partition coefficient (Wildman–Crippen LogP) is 8.67. The Labute approximate surface area is 213 Å². The van der Waals surface area contributed by atoms with Crippen LogP contribution in [0.15, 0.2) is 0 Å². The van der Waals surface area contributed by atoms with Crippen LogP contribution in [-0.4, -0.2) is 52.9 Å². The highest BCUT2D eigenvalue weighted by Gasteiger charge is 2.24. The average Bonchev–Trinajstić information content (AvgIpc) is 2.68. The van der Waals surface area contributed by atoms with Crippen LogP contribution in [0.25, 0.3) is 0 Å². The monoisotopic (exact) mass is 524 g/mol. The van der Waals surface area contributed by atoms with Gasteiger partial charge in [0.1, 0.15) is 8.30 Å². The first kappa shape index (κ1) is 37.5. The third kappa shape index (κ3) is 21.0. The fourth-order valence-corrected chi connectivity index (χ4v) is 7.50. The van der Waals surface area contributed by atoms with E-state index in [0.717, 1.165) is 12.6 Å². The first-order valence-corrected chi connectivity index (χ1v) is 15.8. The number of nitrogens with zero attached hydrogens (tertiary/aromatic N) is 4. The van der Waals surface area contributed by atoms with E-state index in [1.807, 2.05) is 6.07 Å². The van der Waals surface area contributed by atoms with Crippen molar-refractivity contribution in [1.29, 1.82) is 10.5 Å². The van der Waals surface area contributed by atoms with Crippen LogP contribution in [0.3, 0.4) is 0 Å². The normalized spacial score (nSPS) is 12.8. The molecular weight excluding hydrogens is 474 g/mol. The molecule has 0 amide bonds. The highest BCUT2D eigenvalue weighted by molar-refractivity contribution is 7.78. The van der Waals surface area contributed by atoms with Gasteiger partial charge in [0.05, 0.1) is 38.2 Å². The summed E-state index contributed by atoms with van der Waals surface area (Å²) < 4.78 is 15.8. The molecule has 9 heteroatoms. The lowest BCUT2D eigenvalue weighted by molar-refractivity contribution is 0.256. The minimum Gasteiger partial charge on any atom is -0.342 e. The molecule has 2 unspecified atom stereocenters. The predicted molar refractivity (Wildman–Crippen MR) is 147 cm³/mol. The van der Waals surface area contributed by atoms with Crippen molar-refractivity contribution in [2.24, 2.45) is 0 Å². The van der Waals surface area contributed by atoms with E-state index >= 15 is 0 Å². The largest absolute Gasteiger partial charge is 0.342 e. The molecule has 33 heavy (non-hydrogen) atoms. The molecule has 0 N–H and O–H groups in total. The second-order valence-electron chi connectivity index (χ2n) is 8.63. The molecule has 0 heterocycles. The van der Waals surface area contributed by atoms with Gasteiger partial charge in [-0.2, -0.15) is 10.5 Å². The summed E-state index contributed by atoms with van der Waals surface area (Å²) in [5.41, 5.74) is 0. The summed E-state index contributed by atoms with van der Waals surface area (Å²) in [5.74, 6) is 0. The Morgan fingerprint density at radius 1 is 0.727 bits per heavy atom. The van der Waals surface area contributed by atoms with Crippen molar-refractivity contribution >= 4 is 27.2 Å². The van der Waals surface area contributed by atoms with Crippen molar-refractivity contribution in [2.45, 2.75) is 126 Å². The lowest BCUT2D eigenvalue weighted by atomic mass is 10.3. The highest BCUT2D eigenvalue weighted by atomic mass is 35.7. The quantitative estimate of drug-likeness (QED) is 0.167. The van der Waals surface area contributed by atoms with Crippen LogP contribution in [0, 0.1) is 22.7 Å². The molecule has 0 bridgehead atoms. The van der Waals surface area contributed by atoms with Gasteiger partial charge < -0.3 is 9.05 Å². The molecule has 0 aromatic rings. The number of nitriles is 2. The van der Waals surface area contributed by atoms with E-state index in [4.69, 9.17) is 30.8 Å². The van der Waals surface area contributed by atoms with Gasteiger partial charge in [-0.3, -0.25) is 4.67 Å². The summed E-state index contributed by atoms with van der Waals surface area (Å²) in [6, 6.07) is 5.88. The van der Waals surface area contributed by atoms with E-state index in [-0.39, 0.29) is 0 Å². The molecule has 2 atom stereocenters. The van der Waals surface area contributed by atoms with Crippen molar-refractivity contribution in [3.63, 3.8) is 0 Å². The standard InChI is InChI=1S/C12H25N2OP.C9H18ClN2OP.C3H8/c1-6-10-16(15-9-7-8-13)14(11(2)3)12(4)5;1-8(2)12(9(3)4)14(10)13-7-5-6-11;1-3-2/h11-12H,6-7,9-10H2,1-5H3;8-9H,5,7H2,1-4H3;3H2,1-2H3. The summed E-state index contributed by atoms with van der Waals surface area (Å²) in [4.78, 5) is 0. The Morgan fingerprint density at radius 3 is 1.39 bits per heavy atom. The molecular formula is C24H51ClN4O2P2. The van der Waals surface area contributed by atoms with Crippen LogP contribution in [0.1, 0.15) is 102 Å². The van der Waals surface area contributed by atoms with Gasteiger partial charge >= 0.3 is 0 Å². The van der Waals surface area contributed by atoms with Crippen molar-refractivity contribution in [1.82, 2.24) is 9.34 Å². The van der Waals surface area contributed by atoms with Gasteiger partial charge in [0.15, 0.2) is 0 Å². The average molecular weight is 525 g/mol. The maximum absolute atomic E-state index is 8.53. The van der Waals surface area contributed by atoms with Gasteiger partial charge in [0, 0.05) is 30.3 Å². The first-order chi connectivity index (χ1) is 15.5. The summed E-state index contributed by atoms with van der Waals surface area (Å²) in [6.45, 7) is 24.6. The first-order valence-electron chi connectivity index (χ1n) is 12.3. The van der Waals surface area contributed by atoms with Crippen molar-refractivity contribution < 1.29 is 9.05 Å². The van der Waals surface area contributed by atoms with E-state index in [9.17, 15) is 0 Å². The van der Waals surface area contributed by atoms with Crippen molar-refractivity contribution in [3.05, 3.63) is 0 Å². The van der Waals surface area contributed by atoms with E-state index < -0.39 is 16.0 Å². The minimum atomic E-state index is -1.08. The van der Waals surface area contributed by atoms with E-state index in [0.29, 0.717) is 50.2 Å². The zero-order valence-electron chi connectivity index (χ0n) is 23.1. The molecule has 0 aliphatic carbocycles.